The molecule has 0 radical (unpaired) electrons. The van der Waals surface area contributed by atoms with E-state index in [2.05, 4.69) is 11.9 Å². The van der Waals surface area contributed by atoms with Gasteiger partial charge in [-0.3, -0.25) is 9.59 Å². The molecule has 0 spiro atoms. The van der Waals surface area contributed by atoms with Gasteiger partial charge in [-0.25, -0.2) is 0 Å². The smallest absolute Gasteiger partial charge is 0.178 e. The van der Waals surface area contributed by atoms with Gasteiger partial charge < -0.3 is 11.1 Å². The van der Waals surface area contributed by atoms with Crippen molar-refractivity contribution in [3.63, 3.8) is 0 Å². The fraction of sp³-hybridized carbons (Fsp3) is 0.231. The van der Waals surface area contributed by atoms with E-state index < -0.39 is 0 Å². The molecule has 0 aliphatic rings. The van der Waals surface area contributed by atoms with E-state index in [4.69, 9.17) is 5.73 Å². The summed E-state index contributed by atoms with van der Waals surface area (Å²) in [7, 11) is 0. The number of anilines is 1. The van der Waals surface area contributed by atoms with Crippen LogP contribution in [0.2, 0.25) is 0 Å². The molecule has 0 saturated heterocycles. The van der Waals surface area contributed by atoms with Gasteiger partial charge in [-0.15, -0.1) is 6.58 Å². The monoisotopic (exact) mass is 232 g/mol. The van der Waals surface area contributed by atoms with Crippen molar-refractivity contribution >= 4 is 17.3 Å². The Kier molecular flexibility index (Phi) is 4.60. The summed E-state index contributed by atoms with van der Waals surface area (Å²) in [6, 6.07) is 4.90. The molecule has 0 unspecified atom stereocenters. The molecule has 0 aromatic heterocycles. The number of nitrogens with two attached hydrogens (primary N) is 1. The third kappa shape index (κ3) is 3.26. The lowest BCUT2D eigenvalue weighted by Gasteiger charge is -2.08. The molecule has 0 amide bonds. The summed E-state index contributed by atoms with van der Waals surface area (Å²) in [5.74, 6) is -0.274. The molecule has 0 heterocycles. The Bertz CT molecular complexity index is 453. The predicted molar refractivity (Wildman–Crippen MR) is 68.3 cm³/mol. The lowest BCUT2D eigenvalue weighted by molar-refractivity contribution is 0.0993. The van der Waals surface area contributed by atoms with Gasteiger partial charge in [-0.2, -0.15) is 0 Å². The SMILES string of the molecule is C=CCNCC(=O)c1cccc(C(C)=O)c1N. The number of para-hydroxylation sites is 1. The van der Waals surface area contributed by atoms with Crippen LogP contribution in [0.1, 0.15) is 27.6 Å². The molecule has 1 rings (SSSR count). The van der Waals surface area contributed by atoms with E-state index in [1.54, 1.807) is 24.3 Å². The molecular formula is C13H16N2O2. The topological polar surface area (TPSA) is 72.2 Å². The van der Waals surface area contributed by atoms with E-state index in [0.717, 1.165) is 0 Å². The largest absolute Gasteiger partial charge is 0.398 e. The number of nitrogen functional groups attached to an aromatic ring is 1. The standard InChI is InChI=1S/C13H16N2O2/c1-3-7-15-8-12(17)11-6-4-5-10(9(2)16)13(11)14/h3-6,15H,1,7-8,14H2,2H3. The molecule has 0 atom stereocenters. The minimum Gasteiger partial charge on any atom is -0.398 e. The van der Waals surface area contributed by atoms with Crippen molar-refractivity contribution in [1.82, 2.24) is 5.32 Å². The Morgan fingerprint density at radius 2 is 2.06 bits per heavy atom. The minimum absolute atomic E-state index is 0.132. The quantitative estimate of drug-likeness (QED) is 0.337. The molecule has 3 N–H and O–H groups in total. The van der Waals surface area contributed by atoms with Crippen molar-refractivity contribution < 1.29 is 9.59 Å². The van der Waals surface area contributed by atoms with Crippen LogP contribution >= 0.6 is 0 Å². The van der Waals surface area contributed by atoms with E-state index in [1.807, 2.05) is 0 Å². The van der Waals surface area contributed by atoms with Crippen LogP contribution in [0.25, 0.3) is 0 Å². The van der Waals surface area contributed by atoms with E-state index in [9.17, 15) is 9.59 Å². The molecule has 0 fully saturated rings. The van der Waals surface area contributed by atoms with E-state index in [0.29, 0.717) is 17.7 Å². The lowest BCUT2D eigenvalue weighted by atomic mass is 10.0. The van der Waals surface area contributed by atoms with Crippen LogP contribution in [0, 0.1) is 0 Å². The summed E-state index contributed by atoms with van der Waals surface area (Å²) in [6.07, 6.45) is 1.67. The van der Waals surface area contributed by atoms with Gasteiger partial charge in [0.2, 0.25) is 0 Å². The molecule has 17 heavy (non-hydrogen) atoms. The van der Waals surface area contributed by atoms with Crippen molar-refractivity contribution in [2.24, 2.45) is 0 Å². The van der Waals surface area contributed by atoms with E-state index >= 15 is 0 Å². The van der Waals surface area contributed by atoms with Crippen molar-refractivity contribution in [3.8, 4) is 0 Å². The Balaban J connectivity index is 2.90. The molecule has 0 aliphatic heterocycles. The van der Waals surface area contributed by atoms with Crippen LogP contribution in [0.4, 0.5) is 5.69 Å². The highest BCUT2D eigenvalue weighted by molar-refractivity contribution is 6.08. The zero-order valence-electron chi connectivity index (χ0n) is 9.82. The molecule has 0 saturated carbocycles. The third-order valence-electron chi connectivity index (χ3n) is 2.36. The summed E-state index contributed by atoms with van der Waals surface area (Å²) >= 11 is 0. The number of ketones is 2. The first kappa shape index (κ1) is 13.1. The second-order valence-electron chi connectivity index (χ2n) is 3.67. The highest BCUT2D eigenvalue weighted by atomic mass is 16.1. The highest BCUT2D eigenvalue weighted by Gasteiger charge is 2.13. The van der Waals surface area contributed by atoms with Gasteiger partial charge in [-0.1, -0.05) is 12.1 Å². The van der Waals surface area contributed by atoms with Crippen molar-refractivity contribution in [2.75, 3.05) is 18.8 Å². The normalized spacial score (nSPS) is 9.94. The maximum absolute atomic E-state index is 11.8. The number of Topliss-reactive ketones (excluding diaryl/α,β-unsaturated/α-hetero) is 2. The third-order valence-corrected chi connectivity index (χ3v) is 2.36. The van der Waals surface area contributed by atoms with Gasteiger partial charge in [0.25, 0.3) is 0 Å². The summed E-state index contributed by atoms with van der Waals surface area (Å²) in [4.78, 5) is 23.1. The second kappa shape index (κ2) is 5.96. The summed E-state index contributed by atoms with van der Waals surface area (Å²) in [5.41, 5.74) is 6.83. The molecule has 1 aromatic carbocycles. The summed E-state index contributed by atoms with van der Waals surface area (Å²) < 4.78 is 0. The zero-order chi connectivity index (χ0) is 12.8. The number of benzene rings is 1. The Morgan fingerprint density at radius 1 is 1.41 bits per heavy atom. The Labute approximate surface area is 101 Å². The molecule has 1 aromatic rings. The van der Waals surface area contributed by atoms with Crippen LogP contribution < -0.4 is 11.1 Å². The van der Waals surface area contributed by atoms with Gasteiger partial charge in [0.15, 0.2) is 11.6 Å². The number of hydrogen-bond donors (Lipinski definition) is 2. The molecule has 4 nitrogen and oxygen atoms in total. The molecule has 0 aliphatic carbocycles. The Morgan fingerprint density at radius 3 is 2.65 bits per heavy atom. The number of nitrogens with one attached hydrogen (secondary N) is 1. The first-order valence-corrected chi connectivity index (χ1v) is 5.32. The van der Waals surface area contributed by atoms with Crippen LogP contribution in [0.5, 0.6) is 0 Å². The number of hydrogen-bond acceptors (Lipinski definition) is 4. The van der Waals surface area contributed by atoms with E-state index in [1.165, 1.54) is 6.92 Å². The molecular weight excluding hydrogens is 216 g/mol. The van der Waals surface area contributed by atoms with Gasteiger partial charge in [0.05, 0.1) is 12.2 Å². The Hall–Kier alpha value is -1.94. The fourth-order valence-electron chi connectivity index (χ4n) is 1.50. The predicted octanol–water partition coefficient (Wildman–Crippen LogP) is 1.43. The summed E-state index contributed by atoms with van der Waals surface area (Å²) in [5, 5.41) is 2.90. The lowest BCUT2D eigenvalue weighted by Crippen LogP contribution is -2.24. The van der Waals surface area contributed by atoms with Gasteiger partial charge in [0, 0.05) is 17.7 Å². The number of rotatable bonds is 6. The van der Waals surface area contributed by atoms with Crippen LogP contribution in [0.15, 0.2) is 30.9 Å². The van der Waals surface area contributed by atoms with Gasteiger partial charge in [-0.05, 0) is 19.1 Å². The van der Waals surface area contributed by atoms with Crippen molar-refractivity contribution in [1.29, 1.82) is 0 Å². The van der Waals surface area contributed by atoms with Crippen LogP contribution in [0.3, 0.4) is 0 Å². The summed E-state index contributed by atoms with van der Waals surface area (Å²) in [6.45, 7) is 5.70. The first-order chi connectivity index (χ1) is 8.07. The second-order valence-corrected chi connectivity index (χ2v) is 3.67. The van der Waals surface area contributed by atoms with Crippen molar-refractivity contribution in [2.45, 2.75) is 6.92 Å². The highest BCUT2D eigenvalue weighted by Crippen LogP contribution is 2.18. The molecule has 4 heteroatoms. The van der Waals surface area contributed by atoms with Gasteiger partial charge >= 0.3 is 0 Å². The average Bonchev–Trinajstić information content (AvgIpc) is 2.29. The zero-order valence-corrected chi connectivity index (χ0v) is 9.82. The first-order valence-electron chi connectivity index (χ1n) is 5.32. The van der Waals surface area contributed by atoms with E-state index in [-0.39, 0.29) is 23.8 Å². The maximum Gasteiger partial charge on any atom is 0.178 e. The van der Waals surface area contributed by atoms with Crippen LogP contribution in [-0.2, 0) is 0 Å². The van der Waals surface area contributed by atoms with Crippen molar-refractivity contribution in [3.05, 3.63) is 42.0 Å². The average molecular weight is 232 g/mol. The minimum atomic E-state index is -0.142. The molecule has 90 valence electrons. The fourth-order valence-corrected chi connectivity index (χ4v) is 1.50. The molecule has 0 bridgehead atoms. The number of carbonyl (C=O) groups excluding carboxylic acids is 2. The van der Waals surface area contributed by atoms with Gasteiger partial charge in [0.1, 0.15) is 0 Å². The number of carbonyl (C=O) groups is 2. The van der Waals surface area contributed by atoms with Crippen LogP contribution in [-0.4, -0.2) is 24.7 Å². The maximum atomic E-state index is 11.8.